The van der Waals surface area contributed by atoms with E-state index >= 15 is 0 Å². The van der Waals surface area contributed by atoms with Crippen LogP contribution in [0.25, 0.3) is 0 Å². The largest absolute Gasteiger partial charge is 0.299 e. The highest BCUT2D eigenvalue weighted by Crippen LogP contribution is 2.35. The van der Waals surface area contributed by atoms with Gasteiger partial charge in [-0.05, 0) is 324 Å². The van der Waals surface area contributed by atoms with Gasteiger partial charge in [0.25, 0.3) is 0 Å². The monoisotopic (exact) mass is 1810 g/mol. The van der Waals surface area contributed by atoms with E-state index in [1.54, 1.807) is 0 Å². The van der Waals surface area contributed by atoms with E-state index in [0.29, 0.717) is 18.1 Å². The van der Waals surface area contributed by atoms with E-state index in [9.17, 15) is 0 Å². The Bertz CT molecular complexity index is 2620. The number of pyridine rings is 6. The second kappa shape index (κ2) is 103. The van der Waals surface area contributed by atoms with Crippen molar-refractivity contribution in [1.29, 1.82) is 0 Å². The van der Waals surface area contributed by atoms with Gasteiger partial charge in [-0.3, -0.25) is 59.3 Å². The predicted octanol–water partition coefficient (Wildman–Crippen LogP) is 36.4. The lowest BCUT2D eigenvalue weighted by atomic mass is 9.86. The van der Waals surface area contributed by atoms with Crippen LogP contribution in [0, 0.1) is 35.5 Å². The summed E-state index contributed by atoms with van der Waals surface area (Å²) in [5.41, 5.74) is 7.53. The van der Waals surface area contributed by atoms with E-state index in [2.05, 4.69) is 219 Å². The molecule has 0 spiro atoms. The molecule has 6 aromatic rings. The third-order valence-electron chi connectivity index (χ3n) is 24.2. The van der Waals surface area contributed by atoms with Gasteiger partial charge in [0.2, 0.25) is 0 Å². The van der Waals surface area contributed by atoms with Gasteiger partial charge in [0.05, 0.1) is 17.1 Å². The summed E-state index contributed by atoms with van der Waals surface area (Å²) < 4.78 is 0. The lowest BCUT2D eigenvalue weighted by Gasteiger charge is -2.37. The molecule has 6 aliphatic carbocycles. The van der Waals surface area contributed by atoms with E-state index in [-0.39, 0.29) is 44.6 Å². The molecule has 3 atom stereocenters. The molecule has 6 aromatic heterocycles. The number of hydrogen-bond donors (Lipinski definition) is 0. The SMILES string of the molecule is C.C.C.C.C.C.CC.CC.CC.CC.CC.CC.CC.CC.CC.CC.CC.CC.CC1CCC(N(C)C(C)c2ccccn2)CC1.CC1CCC(N(C)C(C)c2cccnc2)CC1.CC1CCC(N(C)C(C)c2cccnc2)CC1.CC1CCC(N(C)Cc2ccccn2)CC1.CC1CCC(N(C)Cc2ccccn2)CC1.CC1CCC(N(C)Cc2cccnc2)CC1. The average molecular weight is 1810 g/mol. The van der Waals surface area contributed by atoms with Crippen molar-refractivity contribution >= 4 is 0 Å². The van der Waals surface area contributed by atoms with Gasteiger partial charge >= 0.3 is 0 Å². The van der Waals surface area contributed by atoms with Crippen molar-refractivity contribution in [3.8, 4) is 0 Å². The zero-order chi connectivity index (χ0) is 94.9. The Morgan fingerprint density at radius 1 is 0.240 bits per heavy atom. The summed E-state index contributed by atoms with van der Waals surface area (Å²) >= 11 is 0. The van der Waals surface area contributed by atoms with E-state index in [0.717, 1.165) is 91.4 Å². The number of nitrogens with zero attached hydrogens (tertiary/aromatic N) is 12. The van der Waals surface area contributed by atoms with Crippen LogP contribution in [0.5, 0.6) is 0 Å². The number of hydrogen-bond acceptors (Lipinski definition) is 12. The first-order valence-electron chi connectivity index (χ1n) is 51.5. The smallest absolute Gasteiger partial charge is 0.0572 e. The van der Waals surface area contributed by atoms with Crippen LogP contribution in [0.3, 0.4) is 0 Å². The van der Waals surface area contributed by atoms with Crippen molar-refractivity contribution in [3.63, 3.8) is 0 Å². The highest BCUT2D eigenvalue weighted by molar-refractivity contribution is 5.15. The van der Waals surface area contributed by atoms with Gasteiger partial charge in [-0.15, -0.1) is 0 Å². The second-order valence-corrected chi connectivity index (χ2v) is 32.1. The molecule has 12 nitrogen and oxygen atoms in total. The first kappa shape index (κ1) is 149. The Balaban J connectivity index is -0.000000120. The van der Waals surface area contributed by atoms with Crippen LogP contribution in [0.1, 0.15) is 479 Å². The summed E-state index contributed by atoms with van der Waals surface area (Å²) in [6, 6.07) is 37.0. The fourth-order valence-corrected chi connectivity index (χ4v) is 16.2. The maximum absolute atomic E-state index is 4.47. The fraction of sp³-hybridized carbons (Fsp3) is 0.744. The third kappa shape index (κ3) is 67.5. The summed E-state index contributed by atoms with van der Waals surface area (Å²) in [6.07, 6.45) is 50.0. The van der Waals surface area contributed by atoms with Gasteiger partial charge < -0.3 is 0 Å². The van der Waals surface area contributed by atoms with Gasteiger partial charge in [-0.2, -0.15) is 0 Å². The van der Waals surface area contributed by atoms with Crippen LogP contribution in [0.4, 0.5) is 0 Å². The Hall–Kier alpha value is -5.34. The molecule has 0 amide bonds. The summed E-state index contributed by atoms with van der Waals surface area (Å²) in [7, 11) is 13.5. The minimum atomic E-state index is 0. The zero-order valence-electron chi connectivity index (χ0n) is 89.0. The van der Waals surface area contributed by atoms with Gasteiger partial charge in [-0.1, -0.05) is 289 Å². The van der Waals surface area contributed by atoms with E-state index in [1.165, 1.54) is 188 Å². The molecule has 6 aliphatic rings. The van der Waals surface area contributed by atoms with E-state index in [4.69, 9.17) is 0 Å². The Kier molecular flexibility index (Phi) is 119. The van der Waals surface area contributed by atoms with Gasteiger partial charge in [0.1, 0.15) is 0 Å². The van der Waals surface area contributed by atoms with Gasteiger partial charge in [-0.25, -0.2) is 0 Å². The lowest BCUT2D eigenvalue weighted by Crippen LogP contribution is -2.36. The highest BCUT2D eigenvalue weighted by atomic mass is 15.2. The highest BCUT2D eigenvalue weighted by Gasteiger charge is 2.30. The van der Waals surface area contributed by atoms with E-state index < -0.39 is 0 Å². The Labute approximate surface area is 813 Å². The first-order chi connectivity index (χ1) is 59.8. The van der Waals surface area contributed by atoms with Crippen LogP contribution in [-0.4, -0.2) is 138 Å². The molecule has 0 N–H and O–H groups in total. The van der Waals surface area contributed by atoms with Crippen LogP contribution < -0.4 is 0 Å². The molecule has 6 fully saturated rings. The van der Waals surface area contributed by atoms with Crippen molar-refractivity contribution in [2.45, 2.75) is 501 Å². The van der Waals surface area contributed by atoms with Crippen LogP contribution in [-0.2, 0) is 19.6 Å². The van der Waals surface area contributed by atoms with Crippen LogP contribution in [0.2, 0.25) is 0 Å². The molecule has 12 heteroatoms. The molecule has 0 radical (unpaired) electrons. The maximum Gasteiger partial charge on any atom is 0.0572 e. The maximum atomic E-state index is 4.47. The summed E-state index contributed by atoms with van der Waals surface area (Å²) in [6.45, 7) is 72.1. The second-order valence-electron chi connectivity index (χ2n) is 32.1. The topological polar surface area (TPSA) is 96.8 Å². The van der Waals surface area contributed by atoms with Crippen LogP contribution >= 0.6 is 0 Å². The number of rotatable bonds is 18. The molecule has 762 valence electrons. The Morgan fingerprint density at radius 2 is 0.465 bits per heavy atom. The summed E-state index contributed by atoms with van der Waals surface area (Å²) in [5.74, 6) is 5.56. The molecule has 129 heavy (non-hydrogen) atoms. The molecule has 0 bridgehead atoms. The number of aromatic nitrogens is 6. The molecule has 6 heterocycles. The predicted molar refractivity (Wildman–Crippen MR) is 593 cm³/mol. The van der Waals surface area contributed by atoms with Crippen molar-refractivity contribution in [2.75, 3.05) is 42.3 Å². The van der Waals surface area contributed by atoms with Crippen molar-refractivity contribution < 1.29 is 0 Å². The lowest BCUT2D eigenvalue weighted by molar-refractivity contribution is 0.129. The summed E-state index contributed by atoms with van der Waals surface area (Å²) in [5, 5.41) is 0. The van der Waals surface area contributed by atoms with Gasteiger partial charge in [0, 0.05) is 130 Å². The van der Waals surface area contributed by atoms with Crippen molar-refractivity contribution in [2.24, 2.45) is 35.5 Å². The molecule has 0 aliphatic heterocycles. The fourth-order valence-electron chi connectivity index (χ4n) is 16.2. The molecular weight excluding hydrogens is 1570 g/mol. The minimum absolute atomic E-state index is 0. The normalized spacial score (nSPS) is 20.9. The summed E-state index contributed by atoms with van der Waals surface area (Å²) in [4.78, 5) is 40.8. The standard InChI is InChI=1S/3C15H24N2.3C14H22N2.12C2H6.6CH4/c2*1-12-6-8-15(9-7-12)17(3)13(2)14-5-4-10-16-11-14;1-12-7-9-14(10-8-12)17(3)13(2)15-6-4-5-11-16-15;1-12-5-7-14(8-6-12)16(2)11-13-4-3-9-15-10-13;2*1-12-6-8-14(9-7-12)16(2)11-13-5-3-4-10-15-13;12*1-2;;;;;;/h2*4-5,10-13,15H,6-9H2,1-3H3;4-6,11-14H,7-10H2,1-3H3;3-4,9-10,12,14H,5-8,11H2,1-2H3;2*3-5,10,12,14H,6-9,11H2,1-2H3;12*1-2H3;6*1H4. The van der Waals surface area contributed by atoms with Gasteiger partial charge in [0.15, 0.2) is 0 Å². The van der Waals surface area contributed by atoms with Crippen molar-refractivity contribution in [3.05, 3.63) is 181 Å². The van der Waals surface area contributed by atoms with Crippen molar-refractivity contribution in [1.82, 2.24) is 59.3 Å². The molecule has 12 rings (SSSR count). The van der Waals surface area contributed by atoms with Crippen LogP contribution in [0.15, 0.2) is 147 Å². The molecule has 0 saturated heterocycles. The molecular formula is C117H234N12. The first-order valence-corrected chi connectivity index (χ1v) is 51.5. The molecule has 3 unspecified atom stereocenters. The minimum Gasteiger partial charge on any atom is -0.299 e. The molecule has 0 aromatic carbocycles. The Morgan fingerprint density at radius 3 is 0.682 bits per heavy atom. The zero-order valence-corrected chi connectivity index (χ0v) is 89.0. The third-order valence-corrected chi connectivity index (χ3v) is 24.2. The molecule has 6 saturated carbocycles. The quantitative estimate of drug-likeness (QED) is 0.0820. The van der Waals surface area contributed by atoms with E-state index in [1.807, 2.05) is 258 Å². The average Bonchev–Trinajstić information content (AvgIpc) is 0.852.